The van der Waals surface area contributed by atoms with Crippen molar-refractivity contribution in [2.45, 2.75) is 13.5 Å². The first-order valence-corrected chi connectivity index (χ1v) is 6.02. The lowest BCUT2D eigenvalue weighted by Crippen LogP contribution is -2.07. The van der Waals surface area contributed by atoms with E-state index in [1.807, 2.05) is 31.2 Å². The highest BCUT2D eigenvalue weighted by atomic mass is 15.1. The first-order chi connectivity index (χ1) is 9.28. The molecular weight excluding hydrogens is 238 g/mol. The molecule has 19 heavy (non-hydrogen) atoms. The first kappa shape index (κ1) is 12.8. The van der Waals surface area contributed by atoms with Crippen LogP contribution in [0.5, 0.6) is 0 Å². The predicted molar refractivity (Wildman–Crippen MR) is 74.6 cm³/mol. The summed E-state index contributed by atoms with van der Waals surface area (Å²) in [6, 6.07) is 13.9. The van der Waals surface area contributed by atoms with Crippen molar-refractivity contribution in [3.63, 3.8) is 0 Å². The Balaban J connectivity index is 2.04. The molecule has 1 heterocycles. The molecule has 0 saturated heterocycles. The summed E-state index contributed by atoms with van der Waals surface area (Å²) in [4.78, 5) is 8.52. The van der Waals surface area contributed by atoms with E-state index in [0.717, 1.165) is 5.82 Å². The first-order valence-electron chi connectivity index (χ1n) is 6.02. The van der Waals surface area contributed by atoms with Crippen LogP contribution in [-0.2, 0) is 6.54 Å². The Kier molecular flexibility index (Phi) is 4.29. The third-order valence-electron chi connectivity index (χ3n) is 2.50. The van der Waals surface area contributed by atoms with Crippen LogP contribution in [0, 0.1) is 18.3 Å². The molecule has 96 valence electrons. The van der Waals surface area contributed by atoms with Crippen molar-refractivity contribution in [3.8, 4) is 6.07 Å². The van der Waals surface area contributed by atoms with Gasteiger partial charge >= 0.3 is 0 Å². The molecule has 0 aliphatic heterocycles. The van der Waals surface area contributed by atoms with Crippen molar-refractivity contribution >= 4 is 11.6 Å². The molecule has 0 atom stereocenters. The van der Waals surface area contributed by atoms with Crippen molar-refractivity contribution in [2.75, 3.05) is 17.2 Å². The summed E-state index contributed by atoms with van der Waals surface area (Å²) in [7, 11) is 0. The largest absolute Gasteiger partial charge is 0.366 e. The zero-order valence-electron chi connectivity index (χ0n) is 10.7. The fourth-order valence-electron chi connectivity index (χ4n) is 1.67. The number of nitrogens with one attached hydrogen (secondary N) is 2. The van der Waals surface area contributed by atoms with Gasteiger partial charge in [0.2, 0.25) is 0 Å². The van der Waals surface area contributed by atoms with Gasteiger partial charge in [0.25, 0.3) is 0 Å². The standard InChI is InChI=1S/C14H15N5/c1-11-18-13(16-8-7-15)9-14(19-11)17-10-12-5-3-2-4-6-12/h2-6,9H,8,10H2,1H3,(H2,16,17,18,19). The maximum atomic E-state index is 8.55. The summed E-state index contributed by atoms with van der Waals surface area (Å²) in [5.74, 6) is 2.07. The van der Waals surface area contributed by atoms with Crippen LogP contribution in [0.1, 0.15) is 11.4 Å². The number of hydrogen-bond acceptors (Lipinski definition) is 5. The Hall–Kier alpha value is -2.61. The summed E-state index contributed by atoms with van der Waals surface area (Å²) in [6.07, 6.45) is 0. The summed E-state index contributed by atoms with van der Waals surface area (Å²) in [5, 5.41) is 14.7. The van der Waals surface area contributed by atoms with E-state index in [4.69, 9.17) is 5.26 Å². The Morgan fingerprint density at radius 1 is 1.11 bits per heavy atom. The maximum absolute atomic E-state index is 8.55. The van der Waals surface area contributed by atoms with Gasteiger partial charge in [0.05, 0.1) is 6.07 Å². The molecule has 0 aliphatic carbocycles. The number of anilines is 2. The average molecular weight is 253 g/mol. The number of aryl methyl sites for hydroxylation is 1. The van der Waals surface area contributed by atoms with Gasteiger partial charge in [0, 0.05) is 12.6 Å². The van der Waals surface area contributed by atoms with Crippen molar-refractivity contribution in [3.05, 3.63) is 47.8 Å². The fraction of sp³-hybridized carbons (Fsp3) is 0.214. The predicted octanol–water partition coefficient (Wildman–Crippen LogP) is 2.33. The molecule has 0 aliphatic rings. The number of rotatable bonds is 5. The van der Waals surface area contributed by atoms with E-state index in [9.17, 15) is 0 Å². The van der Waals surface area contributed by atoms with Gasteiger partial charge in [-0.1, -0.05) is 30.3 Å². The lowest BCUT2D eigenvalue weighted by Gasteiger charge is -2.08. The van der Waals surface area contributed by atoms with Gasteiger partial charge in [-0.2, -0.15) is 5.26 Å². The van der Waals surface area contributed by atoms with E-state index < -0.39 is 0 Å². The van der Waals surface area contributed by atoms with Crippen LogP contribution < -0.4 is 10.6 Å². The highest BCUT2D eigenvalue weighted by Gasteiger charge is 2.01. The van der Waals surface area contributed by atoms with Crippen LogP contribution in [0.4, 0.5) is 11.6 Å². The topological polar surface area (TPSA) is 73.6 Å². The van der Waals surface area contributed by atoms with Crippen LogP contribution in [0.2, 0.25) is 0 Å². The Labute approximate surface area is 112 Å². The molecule has 0 radical (unpaired) electrons. The van der Waals surface area contributed by atoms with E-state index in [1.165, 1.54) is 5.56 Å². The second-order valence-corrected chi connectivity index (χ2v) is 4.04. The summed E-state index contributed by atoms with van der Waals surface area (Å²) >= 11 is 0. The second kappa shape index (κ2) is 6.36. The molecule has 2 N–H and O–H groups in total. The molecule has 2 rings (SSSR count). The zero-order chi connectivity index (χ0) is 13.5. The quantitative estimate of drug-likeness (QED) is 0.800. The third kappa shape index (κ3) is 3.96. The van der Waals surface area contributed by atoms with Crippen molar-refractivity contribution in [1.82, 2.24) is 9.97 Å². The van der Waals surface area contributed by atoms with Gasteiger partial charge < -0.3 is 10.6 Å². The fourth-order valence-corrected chi connectivity index (χ4v) is 1.67. The monoisotopic (exact) mass is 253 g/mol. The summed E-state index contributed by atoms with van der Waals surface area (Å²) < 4.78 is 0. The molecule has 1 aromatic carbocycles. The molecule has 0 amide bonds. The van der Waals surface area contributed by atoms with Gasteiger partial charge in [0.15, 0.2) is 0 Å². The van der Waals surface area contributed by atoms with Gasteiger partial charge in [-0.05, 0) is 12.5 Å². The number of aromatic nitrogens is 2. The van der Waals surface area contributed by atoms with Crippen molar-refractivity contribution in [1.29, 1.82) is 5.26 Å². The van der Waals surface area contributed by atoms with Gasteiger partial charge in [-0.3, -0.25) is 0 Å². The summed E-state index contributed by atoms with van der Waals surface area (Å²) in [6.45, 7) is 2.76. The molecule has 5 nitrogen and oxygen atoms in total. The Morgan fingerprint density at radius 3 is 2.47 bits per heavy atom. The van der Waals surface area contributed by atoms with E-state index in [2.05, 4.69) is 32.7 Å². The number of hydrogen-bond donors (Lipinski definition) is 2. The molecule has 0 spiro atoms. The second-order valence-electron chi connectivity index (χ2n) is 4.04. The lowest BCUT2D eigenvalue weighted by atomic mass is 10.2. The van der Waals surface area contributed by atoms with Crippen LogP contribution in [-0.4, -0.2) is 16.5 Å². The zero-order valence-corrected chi connectivity index (χ0v) is 10.7. The van der Waals surface area contributed by atoms with Crippen LogP contribution in [0.25, 0.3) is 0 Å². The Bertz CT molecular complexity index is 574. The van der Waals surface area contributed by atoms with E-state index in [1.54, 1.807) is 6.07 Å². The summed E-state index contributed by atoms with van der Waals surface area (Å²) in [5.41, 5.74) is 1.19. The molecule has 5 heteroatoms. The third-order valence-corrected chi connectivity index (χ3v) is 2.50. The molecule has 0 bridgehead atoms. The normalized spacial score (nSPS) is 9.68. The number of benzene rings is 1. The molecule has 2 aromatic rings. The SMILES string of the molecule is Cc1nc(NCC#N)cc(NCc2ccccc2)n1. The molecule has 0 saturated carbocycles. The smallest absolute Gasteiger partial charge is 0.132 e. The van der Waals surface area contributed by atoms with Crippen molar-refractivity contribution < 1.29 is 0 Å². The lowest BCUT2D eigenvalue weighted by molar-refractivity contribution is 1.02. The van der Waals surface area contributed by atoms with Gasteiger partial charge in [-0.15, -0.1) is 0 Å². The molecular formula is C14H15N5. The van der Waals surface area contributed by atoms with E-state index in [-0.39, 0.29) is 6.54 Å². The highest BCUT2D eigenvalue weighted by Crippen LogP contribution is 2.12. The van der Waals surface area contributed by atoms with E-state index >= 15 is 0 Å². The average Bonchev–Trinajstić information content (AvgIpc) is 2.43. The number of nitrogens with zero attached hydrogens (tertiary/aromatic N) is 3. The van der Waals surface area contributed by atoms with Crippen LogP contribution in [0.15, 0.2) is 36.4 Å². The van der Waals surface area contributed by atoms with Crippen molar-refractivity contribution in [2.24, 2.45) is 0 Å². The molecule has 1 aromatic heterocycles. The highest BCUT2D eigenvalue weighted by molar-refractivity contribution is 5.48. The van der Waals surface area contributed by atoms with Crippen LogP contribution in [0.3, 0.4) is 0 Å². The van der Waals surface area contributed by atoms with Crippen LogP contribution >= 0.6 is 0 Å². The minimum atomic E-state index is 0.231. The minimum absolute atomic E-state index is 0.231. The Morgan fingerprint density at radius 2 is 1.79 bits per heavy atom. The molecule has 0 unspecified atom stereocenters. The minimum Gasteiger partial charge on any atom is -0.366 e. The molecule has 0 fully saturated rings. The van der Waals surface area contributed by atoms with E-state index in [0.29, 0.717) is 18.2 Å². The van der Waals surface area contributed by atoms with Gasteiger partial charge in [-0.25, -0.2) is 9.97 Å². The maximum Gasteiger partial charge on any atom is 0.132 e. The number of nitriles is 1. The van der Waals surface area contributed by atoms with Gasteiger partial charge in [0.1, 0.15) is 24.0 Å².